The van der Waals surface area contributed by atoms with E-state index in [4.69, 9.17) is 0 Å². The van der Waals surface area contributed by atoms with Crippen LogP contribution < -0.4 is 10.6 Å². The summed E-state index contributed by atoms with van der Waals surface area (Å²) in [6.07, 6.45) is 2.95. The van der Waals surface area contributed by atoms with Crippen LogP contribution in [-0.4, -0.2) is 33.8 Å². The average molecular weight is 314 g/mol. The van der Waals surface area contributed by atoms with Crippen LogP contribution in [0.25, 0.3) is 0 Å². The van der Waals surface area contributed by atoms with Gasteiger partial charge in [-0.25, -0.2) is 0 Å². The van der Waals surface area contributed by atoms with Crippen molar-refractivity contribution < 1.29 is 9.59 Å². The molecule has 0 aliphatic heterocycles. The van der Waals surface area contributed by atoms with E-state index in [0.717, 1.165) is 19.3 Å². The van der Waals surface area contributed by atoms with Crippen LogP contribution in [0.2, 0.25) is 0 Å². The largest absolute Gasteiger partial charge is 0.353 e. The molecule has 1 heterocycles. The van der Waals surface area contributed by atoms with Crippen LogP contribution in [0, 0.1) is 5.92 Å². The summed E-state index contributed by atoms with van der Waals surface area (Å²) in [6.45, 7) is 3.83. The number of aromatic nitrogens is 2. The number of nitrogens with one attached hydrogen (secondary N) is 2. The normalized spacial score (nSPS) is 15.7. The molecule has 1 atom stereocenters. The SMILES string of the molecule is CC[C@H](C)C(=O)Nc1nnc(SCC(=O)NC2CC2)s1. The van der Waals surface area contributed by atoms with Gasteiger partial charge in [0.15, 0.2) is 4.34 Å². The van der Waals surface area contributed by atoms with E-state index in [0.29, 0.717) is 21.3 Å². The number of nitrogens with zero attached hydrogens (tertiary/aromatic N) is 2. The molecule has 1 aromatic rings. The van der Waals surface area contributed by atoms with Gasteiger partial charge in [0.05, 0.1) is 5.75 Å². The van der Waals surface area contributed by atoms with Gasteiger partial charge < -0.3 is 10.6 Å². The topological polar surface area (TPSA) is 84.0 Å². The molecule has 20 heavy (non-hydrogen) atoms. The smallest absolute Gasteiger partial charge is 0.230 e. The summed E-state index contributed by atoms with van der Waals surface area (Å²) in [5.41, 5.74) is 0. The Balaban J connectivity index is 1.76. The van der Waals surface area contributed by atoms with Crippen molar-refractivity contribution in [1.29, 1.82) is 0 Å². The van der Waals surface area contributed by atoms with Gasteiger partial charge in [0.2, 0.25) is 16.9 Å². The summed E-state index contributed by atoms with van der Waals surface area (Å²) < 4.78 is 0.690. The minimum atomic E-state index is -0.0494. The van der Waals surface area contributed by atoms with Gasteiger partial charge in [-0.2, -0.15) is 0 Å². The Bertz CT molecular complexity index is 488. The van der Waals surface area contributed by atoms with Crippen molar-refractivity contribution in [2.45, 2.75) is 43.5 Å². The summed E-state index contributed by atoms with van der Waals surface area (Å²) >= 11 is 2.64. The predicted octanol–water partition coefficient (Wildman–Crippen LogP) is 1.89. The van der Waals surface area contributed by atoms with Crippen molar-refractivity contribution in [1.82, 2.24) is 15.5 Å². The van der Waals surface area contributed by atoms with E-state index in [2.05, 4.69) is 20.8 Å². The van der Waals surface area contributed by atoms with Gasteiger partial charge in [-0.3, -0.25) is 9.59 Å². The molecule has 1 aromatic heterocycles. The first-order valence-electron chi connectivity index (χ1n) is 6.65. The van der Waals surface area contributed by atoms with Gasteiger partial charge in [-0.05, 0) is 19.3 Å². The number of hydrogen-bond donors (Lipinski definition) is 2. The molecule has 8 heteroatoms. The van der Waals surface area contributed by atoms with Crippen molar-refractivity contribution in [3.8, 4) is 0 Å². The van der Waals surface area contributed by atoms with Gasteiger partial charge in [0.1, 0.15) is 0 Å². The molecule has 1 saturated carbocycles. The van der Waals surface area contributed by atoms with Crippen LogP contribution in [0.15, 0.2) is 4.34 Å². The predicted molar refractivity (Wildman–Crippen MR) is 79.9 cm³/mol. The highest BCUT2D eigenvalue weighted by molar-refractivity contribution is 8.01. The molecule has 1 aliphatic carbocycles. The molecule has 1 fully saturated rings. The lowest BCUT2D eigenvalue weighted by Gasteiger charge is -2.06. The summed E-state index contributed by atoms with van der Waals surface area (Å²) in [4.78, 5) is 23.2. The van der Waals surface area contributed by atoms with Crippen molar-refractivity contribution in [2.24, 2.45) is 5.92 Å². The first kappa shape index (κ1) is 15.2. The maximum atomic E-state index is 11.7. The second-order valence-electron chi connectivity index (χ2n) is 4.80. The molecule has 2 N–H and O–H groups in total. The molecule has 2 amide bonds. The zero-order valence-corrected chi connectivity index (χ0v) is 13.1. The minimum absolute atomic E-state index is 0.0258. The Labute approximate surface area is 126 Å². The number of thioether (sulfide) groups is 1. The Morgan fingerprint density at radius 3 is 2.85 bits per heavy atom. The molecule has 0 spiro atoms. The Hall–Kier alpha value is -1.15. The maximum Gasteiger partial charge on any atom is 0.230 e. The zero-order chi connectivity index (χ0) is 14.5. The Morgan fingerprint density at radius 2 is 2.20 bits per heavy atom. The standard InChI is InChI=1S/C12H18N4O2S2/c1-3-7(2)10(18)14-11-15-16-12(20-11)19-6-9(17)13-8-4-5-8/h7-8H,3-6H2,1-2H3,(H,13,17)(H,14,15,18)/t7-/m0/s1. The molecule has 0 saturated heterocycles. The monoisotopic (exact) mass is 314 g/mol. The number of rotatable bonds is 7. The van der Waals surface area contributed by atoms with Crippen LogP contribution in [0.4, 0.5) is 5.13 Å². The average Bonchev–Trinajstić information content (AvgIpc) is 3.13. The summed E-state index contributed by atoms with van der Waals surface area (Å²) in [6, 6.07) is 0.378. The highest BCUT2D eigenvalue weighted by atomic mass is 32.2. The molecule has 0 bridgehead atoms. The zero-order valence-electron chi connectivity index (χ0n) is 11.5. The lowest BCUT2D eigenvalue weighted by atomic mass is 10.1. The summed E-state index contributed by atoms with van der Waals surface area (Å²) in [5, 5.41) is 14.0. The third kappa shape index (κ3) is 4.75. The fraction of sp³-hybridized carbons (Fsp3) is 0.667. The van der Waals surface area contributed by atoms with Crippen LogP contribution in [0.5, 0.6) is 0 Å². The first-order valence-corrected chi connectivity index (χ1v) is 8.45. The van der Waals surface area contributed by atoms with E-state index in [9.17, 15) is 9.59 Å². The van der Waals surface area contributed by atoms with E-state index in [1.807, 2.05) is 13.8 Å². The van der Waals surface area contributed by atoms with Gasteiger partial charge in [-0.1, -0.05) is 36.9 Å². The molecule has 0 radical (unpaired) electrons. The van der Waals surface area contributed by atoms with E-state index >= 15 is 0 Å². The van der Waals surface area contributed by atoms with Gasteiger partial charge in [-0.15, -0.1) is 10.2 Å². The van der Waals surface area contributed by atoms with E-state index < -0.39 is 0 Å². The van der Waals surface area contributed by atoms with E-state index in [1.165, 1.54) is 23.1 Å². The molecular formula is C12H18N4O2S2. The molecular weight excluding hydrogens is 296 g/mol. The number of amides is 2. The lowest BCUT2D eigenvalue weighted by molar-refractivity contribution is -0.120. The molecule has 6 nitrogen and oxygen atoms in total. The van der Waals surface area contributed by atoms with Gasteiger partial charge >= 0.3 is 0 Å². The molecule has 110 valence electrons. The number of anilines is 1. The van der Waals surface area contributed by atoms with E-state index in [1.54, 1.807) is 0 Å². The second kappa shape index (κ2) is 7.03. The summed E-state index contributed by atoms with van der Waals surface area (Å²) in [7, 11) is 0. The van der Waals surface area contributed by atoms with Gasteiger partial charge in [0.25, 0.3) is 0 Å². The number of hydrogen-bond acceptors (Lipinski definition) is 6. The fourth-order valence-corrected chi connectivity index (χ4v) is 2.92. The molecule has 0 aromatic carbocycles. The first-order chi connectivity index (χ1) is 9.58. The number of carbonyl (C=O) groups excluding carboxylic acids is 2. The van der Waals surface area contributed by atoms with E-state index in [-0.39, 0.29) is 17.7 Å². The van der Waals surface area contributed by atoms with Crippen molar-refractivity contribution in [2.75, 3.05) is 11.1 Å². The quantitative estimate of drug-likeness (QED) is 0.593. The Morgan fingerprint density at radius 1 is 1.45 bits per heavy atom. The maximum absolute atomic E-state index is 11.7. The van der Waals surface area contributed by atoms with Crippen molar-refractivity contribution >= 4 is 40.0 Å². The highest BCUT2D eigenvalue weighted by Gasteiger charge is 2.23. The van der Waals surface area contributed by atoms with Crippen molar-refractivity contribution in [3.63, 3.8) is 0 Å². The highest BCUT2D eigenvalue weighted by Crippen LogP contribution is 2.26. The second-order valence-corrected chi connectivity index (χ2v) is 7.00. The third-order valence-corrected chi connectivity index (χ3v) is 4.94. The fourth-order valence-electron chi connectivity index (χ4n) is 1.36. The molecule has 1 aliphatic rings. The van der Waals surface area contributed by atoms with Crippen LogP contribution in [0.3, 0.4) is 0 Å². The molecule has 2 rings (SSSR count). The van der Waals surface area contributed by atoms with Crippen LogP contribution in [-0.2, 0) is 9.59 Å². The number of carbonyl (C=O) groups is 2. The van der Waals surface area contributed by atoms with Crippen LogP contribution >= 0.6 is 23.1 Å². The minimum Gasteiger partial charge on any atom is -0.353 e. The van der Waals surface area contributed by atoms with Crippen LogP contribution in [0.1, 0.15) is 33.1 Å². The lowest BCUT2D eigenvalue weighted by Crippen LogP contribution is -2.26. The Kier molecular flexibility index (Phi) is 5.36. The molecule has 0 unspecified atom stereocenters. The van der Waals surface area contributed by atoms with Crippen molar-refractivity contribution in [3.05, 3.63) is 0 Å². The third-order valence-electron chi connectivity index (χ3n) is 2.97. The van der Waals surface area contributed by atoms with Gasteiger partial charge in [0, 0.05) is 12.0 Å². The summed E-state index contributed by atoms with van der Waals surface area (Å²) in [5.74, 6) is 0.272.